The number of carbonyl (C=O) groups is 1. The lowest BCUT2D eigenvalue weighted by molar-refractivity contribution is -0.157. The standard InChI is InChI=1S/C21H27F3N2O2/c1-14-9-15(10-14)18(27)26-12-20(13-26)7-5-19(2,6-8-20)28-17-4-3-16(11-25-17)21(22,23)24/h3-4,11,14-15H,5-10,12-13H2,1-2H3. The second kappa shape index (κ2) is 6.63. The summed E-state index contributed by atoms with van der Waals surface area (Å²) in [6.07, 6.45) is 2.04. The van der Waals surface area contributed by atoms with Crippen LogP contribution in [-0.4, -0.2) is 34.5 Å². The van der Waals surface area contributed by atoms with Gasteiger partial charge in [-0.25, -0.2) is 4.98 Å². The van der Waals surface area contributed by atoms with Crippen LogP contribution in [-0.2, 0) is 11.0 Å². The highest BCUT2D eigenvalue weighted by Gasteiger charge is 2.51. The fourth-order valence-corrected chi connectivity index (χ4v) is 4.87. The first kappa shape index (κ1) is 19.5. The summed E-state index contributed by atoms with van der Waals surface area (Å²) in [5.74, 6) is 1.46. The Hall–Kier alpha value is -1.79. The van der Waals surface area contributed by atoms with Crippen LogP contribution in [0.4, 0.5) is 13.2 Å². The third-order valence-corrected chi connectivity index (χ3v) is 6.87. The van der Waals surface area contributed by atoms with Crippen molar-refractivity contribution in [1.29, 1.82) is 0 Å². The van der Waals surface area contributed by atoms with E-state index >= 15 is 0 Å². The predicted molar refractivity (Wildman–Crippen MR) is 97.6 cm³/mol. The Morgan fingerprint density at radius 2 is 1.82 bits per heavy atom. The number of amides is 1. The van der Waals surface area contributed by atoms with Gasteiger partial charge < -0.3 is 9.64 Å². The molecule has 28 heavy (non-hydrogen) atoms. The normalized spacial score (nSPS) is 28.4. The number of hydrogen-bond donors (Lipinski definition) is 0. The third kappa shape index (κ3) is 3.72. The highest BCUT2D eigenvalue weighted by atomic mass is 19.4. The van der Waals surface area contributed by atoms with Gasteiger partial charge in [0, 0.05) is 36.7 Å². The van der Waals surface area contributed by atoms with E-state index in [0.717, 1.165) is 63.9 Å². The summed E-state index contributed by atoms with van der Waals surface area (Å²) in [5.41, 5.74) is -1.000. The van der Waals surface area contributed by atoms with Gasteiger partial charge in [0.1, 0.15) is 5.60 Å². The van der Waals surface area contributed by atoms with Crippen molar-refractivity contribution >= 4 is 5.91 Å². The predicted octanol–water partition coefficient (Wildman–Crippen LogP) is 4.69. The van der Waals surface area contributed by atoms with Crippen LogP contribution in [0.15, 0.2) is 18.3 Å². The molecule has 3 fully saturated rings. The highest BCUT2D eigenvalue weighted by Crippen LogP contribution is 2.49. The Bertz CT molecular complexity index is 725. The molecule has 3 aliphatic rings. The minimum absolute atomic E-state index is 0.196. The molecule has 1 saturated heterocycles. The van der Waals surface area contributed by atoms with Crippen molar-refractivity contribution in [3.8, 4) is 5.88 Å². The summed E-state index contributed by atoms with van der Waals surface area (Å²) in [4.78, 5) is 18.3. The van der Waals surface area contributed by atoms with E-state index in [4.69, 9.17) is 4.74 Å². The number of rotatable bonds is 3. The molecule has 1 amide bonds. The molecule has 2 saturated carbocycles. The van der Waals surface area contributed by atoms with Gasteiger partial charge in [-0.2, -0.15) is 13.2 Å². The maximum Gasteiger partial charge on any atom is 0.417 e. The number of ether oxygens (including phenoxy) is 1. The summed E-state index contributed by atoms with van der Waals surface area (Å²) in [6.45, 7) is 5.86. The van der Waals surface area contributed by atoms with Crippen LogP contribution in [0.1, 0.15) is 57.9 Å². The minimum Gasteiger partial charge on any atom is -0.471 e. The summed E-state index contributed by atoms with van der Waals surface area (Å²) >= 11 is 0. The van der Waals surface area contributed by atoms with Gasteiger partial charge in [0.25, 0.3) is 0 Å². The van der Waals surface area contributed by atoms with Crippen LogP contribution in [0.5, 0.6) is 5.88 Å². The first-order chi connectivity index (χ1) is 13.1. The summed E-state index contributed by atoms with van der Waals surface area (Å²) in [6, 6.07) is 2.30. The number of hydrogen-bond acceptors (Lipinski definition) is 3. The molecule has 154 valence electrons. The summed E-state index contributed by atoms with van der Waals surface area (Å²) in [5, 5.41) is 0. The maximum atomic E-state index is 12.7. The van der Waals surface area contributed by atoms with Gasteiger partial charge in [-0.15, -0.1) is 0 Å². The zero-order chi connectivity index (χ0) is 20.2. The van der Waals surface area contributed by atoms with Gasteiger partial charge >= 0.3 is 6.18 Å². The van der Waals surface area contributed by atoms with Crippen molar-refractivity contribution in [3.05, 3.63) is 23.9 Å². The number of nitrogens with zero attached hydrogens (tertiary/aromatic N) is 2. The van der Waals surface area contributed by atoms with E-state index in [0.29, 0.717) is 11.8 Å². The lowest BCUT2D eigenvalue weighted by Crippen LogP contribution is -2.62. The van der Waals surface area contributed by atoms with Crippen molar-refractivity contribution < 1.29 is 22.7 Å². The van der Waals surface area contributed by atoms with E-state index in [1.165, 1.54) is 6.07 Å². The first-order valence-electron chi connectivity index (χ1n) is 10.1. The Morgan fingerprint density at radius 1 is 1.18 bits per heavy atom. The Balaban J connectivity index is 1.28. The van der Waals surface area contributed by atoms with Gasteiger partial charge in [0.2, 0.25) is 11.8 Å². The highest BCUT2D eigenvalue weighted by molar-refractivity contribution is 5.80. The van der Waals surface area contributed by atoms with Crippen LogP contribution in [0.2, 0.25) is 0 Å². The number of likely N-dealkylation sites (tertiary alicyclic amines) is 1. The molecule has 0 bridgehead atoms. The lowest BCUT2D eigenvalue weighted by atomic mass is 9.64. The summed E-state index contributed by atoms with van der Waals surface area (Å²) in [7, 11) is 0. The molecule has 1 aliphatic heterocycles. The molecule has 2 heterocycles. The number of pyridine rings is 1. The zero-order valence-electron chi connectivity index (χ0n) is 16.4. The van der Waals surface area contributed by atoms with E-state index in [-0.39, 0.29) is 17.2 Å². The van der Waals surface area contributed by atoms with Crippen LogP contribution in [0.3, 0.4) is 0 Å². The Morgan fingerprint density at radius 3 is 2.32 bits per heavy atom. The van der Waals surface area contributed by atoms with Gasteiger partial charge in [0.15, 0.2) is 0 Å². The van der Waals surface area contributed by atoms with Gasteiger partial charge in [-0.05, 0) is 57.4 Å². The molecule has 0 N–H and O–H groups in total. The van der Waals surface area contributed by atoms with Crippen LogP contribution in [0, 0.1) is 17.3 Å². The second-order valence-electron chi connectivity index (χ2n) is 9.40. The number of aromatic nitrogens is 1. The third-order valence-electron chi connectivity index (χ3n) is 6.87. The van der Waals surface area contributed by atoms with E-state index in [9.17, 15) is 18.0 Å². The van der Waals surface area contributed by atoms with Gasteiger partial charge in [0.05, 0.1) is 5.56 Å². The molecule has 2 aliphatic carbocycles. The van der Waals surface area contributed by atoms with Crippen LogP contribution >= 0.6 is 0 Å². The van der Waals surface area contributed by atoms with Gasteiger partial charge in [-0.1, -0.05) is 6.92 Å². The lowest BCUT2D eigenvalue weighted by Gasteiger charge is -2.56. The van der Waals surface area contributed by atoms with Crippen molar-refractivity contribution in [3.63, 3.8) is 0 Å². The monoisotopic (exact) mass is 396 g/mol. The average Bonchev–Trinajstić information content (AvgIpc) is 2.57. The molecule has 4 nitrogen and oxygen atoms in total. The van der Waals surface area contributed by atoms with Crippen LogP contribution in [0.25, 0.3) is 0 Å². The van der Waals surface area contributed by atoms with Crippen molar-refractivity contribution in [2.24, 2.45) is 17.3 Å². The molecule has 1 aromatic rings. The van der Waals surface area contributed by atoms with E-state index in [1.807, 2.05) is 11.8 Å². The average molecular weight is 396 g/mol. The topological polar surface area (TPSA) is 42.4 Å². The maximum absolute atomic E-state index is 12.7. The molecule has 0 aromatic carbocycles. The van der Waals surface area contributed by atoms with Crippen molar-refractivity contribution in [2.75, 3.05) is 13.1 Å². The quantitative estimate of drug-likeness (QED) is 0.745. The molecule has 1 spiro atoms. The first-order valence-corrected chi connectivity index (χ1v) is 10.1. The molecular weight excluding hydrogens is 369 g/mol. The molecule has 1 aromatic heterocycles. The Labute approximate surface area is 163 Å². The molecule has 0 radical (unpaired) electrons. The fraction of sp³-hybridized carbons (Fsp3) is 0.714. The molecular formula is C21H27F3N2O2. The van der Waals surface area contributed by atoms with E-state index in [2.05, 4.69) is 11.9 Å². The van der Waals surface area contributed by atoms with Crippen molar-refractivity contribution in [1.82, 2.24) is 9.88 Å². The molecule has 7 heteroatoms. The van der Waals surface area contributed by atoms with E-state index < -0.39 is 17.3 Å². The summed E-state index contributed by atoms with van der Waals surface area (Å²) < 4.78 is 43.9. The smallest absolute Gasteiger partial charge is 0.417 e. The number of alkyl halides is 3. The number of carbonyl (C=O) groups excluding carboxylic acids is 1. The molecule has 0 unspecified atom stereocenters. The SMILES string of the molecule is CC1CC(C(=O)N2CC3(CCC(C)(Oc4ccc(C(F)(F)F)cn4)CC3)C2)C1. The van der Waals surface area contributed by atoms with Crippen LogP contribution < -0.4 is 4.74 Å². The Kier molecular flexibility index (Phi) is 4.62. The molecule has 4 rings (SSSR count). The second-order valence-corrected chi connectivity index (χ2v) is 9.40. The number of halogens is 3. The van der Waals surface area contributed by atoms with Gasteiger partial charge in [-0.3, -0.25) is 4.79 Å². The zero-order valence-corrected chi connectivity index (χ0v) is 16.4. The largest absolute Gasteiger partial charge is 0.471 e. The minimum atomic E-state index is -4.39. The van der Waals surface area contributed by atoms with E-state index in [1.54, 1.807) is 0 Å². The molecule has 0 atom stereocenters. The fourth-order valence-electron chi connectivity index (χ4n) is 4.87. The van der Waals surface area contributed by atoms with Crippen molar-refractivity contribution in [2.45, 2.75) is 64.1 Å².